The summed E-state index contributed by atoms with van der Waals surface area (Å²) < 4.78 is 10.6. The first-order valence-electron chi connectivity index (χ1n) is 11.9. The first kappa shape index (κ1) is 28.1. The standard InChI is InChI=1S/C27H30N4O7/c1-16-7-9-19(10-8-16)13-28-25(34)23(15-37-21-6-4-5-20(12-21)14-32)29-27(36)24(18(3)33)30-26(35)22-11-17(2)38-31-22/h4-12,14,18,23-24,33H,13,15H2,1-3H3,(H,28,34)(H,29,36)(H,30,35)/t18-,23?,24+/m1/s1. The van der Waals surface area contributed by atoms with Crippen LogP contribution in [0.2, 0.25) is 0 Å². The number of carbonyl (C=O) groups excluding carboxylic acids is 4. The number of hydrogen-bond acceptors (Lipinski definition) is 8. The molecule has 11 heteroatoms. The summed E-state index contributed by atoms with van der Waals surface area (Å²) in [5.41, 5.74) is 2.24. The summed E-state index contributed by atoms with van der Waals surface area (Å²) in [6.07, 6.45) is -0.638. The van der Waals surface area contributed by atoms with Crippen LogP contribution >= 0.6 is 0 Å². The molecule has 38 heavy (non-hydrogen) atoms. The van der Waals surface area contributed by atoms with E-state index in [9.17, 15) is 24.3 Å². The third-order valence-corrected chi connectivity index (χ3v) is 5.54. The number of rotatable bonds is 12. The number of aryl methyl sites for hydroxylation is 2. The zero-order valence-electron chi connectivity index (χ0n) is 21.3. The zero-order chi connectivity index (χ0) is 27.7. The number of hydrogen-bond donors (Lipinski definition) is 4. The molecule has 1 unspecified atom stereocenters. The number of carbonyl (C=O) groups is 4. The number of nitrogens with one attached hydrogen (secondary N) is 3. The highest BCUT2D eigenvalue weighted by atomic mass is 16.5. The molecule has 3 amide bonds. The van der Waals surface area contributed by atoms with Gasteiger partial charge in [0.15, 0.2) is 5.69 Å². The van der Waals surface area contributed by atoms with Crippen LogP contribution in [-0.4, -0.2) is 59.1 Å². The molecule has 0 aliphatic carbocycles. The summed E-state index contributed by atoms with van der Waals surface area (Å²) in [7, 11) is 0. The molecule has 1 aromatic heterocycles. The second kappa shape index (κ2) is 13.2. The molecule has 0 fully saturated rings. The lowest BCUT2D eigenvalue weighted by atomic mass is 10.1. The van der Waals surface area contributed by atoms with E-state index < -0.39 is 35.9 Å². The van der Waals surface area contributed by atoms with E-state index in [1.54, 1.807) is 25.1 Å². The van der Waals surface area contributed by atoms with Crippen molar-refractivity contribution in [2.24, 2.45) is 0 Å². The Morgan fingerprint density at radius 1 is 1.05 bits per heavy atom. The van der Waals surface area contributed by atoms with Crippen molar-refractivity contribution in [1.82, 2.24) is 21.1 Å². The van der Waals surface area contributed by atoms with E-state index in [0.29, 0.717) is 23.4 Å². The minimum absolute atomic E-state index is 0.0632. The maximum Gasteiger partial charge on any atom is 0.274 e. The zero-order valence-corrected chi connectivity index (χ0v) is 21.3. The van der Waals surface area contributed by atoms with Crippen LogP contribution in [0.3, 0.4) is 0 Å². The molecule has 200 valence electrons. The van der Waals surface area contributed by atoms with Gasteiger partial charge in [0.2, 0.25) is 11.8 Å². The Bertz CT molecular complexity index is 1270. The molecule has 0 saturated heterocycles. The Morgan fingerprint density at radius 2 is 1.79 bits per heavy atom. The van der Waals surface area contributed by atoms with Crippen LogP contribution in [0.4, 0.5) is 0 Å². The Kier molecular flexibility index (Phi) is 9.72. The SMILES string of the molecule is Cc1ccc(CNC(=O)C(COc2cccc(C=O)c2)NC(=O)[C@@H](NC(=O)c2cc(C)on2)[C@@H](C)O)cc1. The number of aromatic nitrogens is 1. The van der Waals surface area contributed by atoms with E-state index in [0.717, 1.165) is 11.1 Å². The normalized spacial score (nSPS) is 13.1. The molecule has 2 aromatic carbocycles. The number of aliphatic hydroxyl groups is 1. The Labute approximate surface area is 219 Å². The van der Waals surface area contributed by atoms with Gasteiger partial charge in [-0.05, 0) is 38.5 Å². The van der Waals surface area contributed by atoms with E-state index >= 15 is 0 Å². The lowest BCUT2D eigenvalue weighted by Crippen LogP contribution is -2.58. The summed E-state index contributed by atoms with van der Waals surface area (Å²) >= 11 is 0. The highest BCUT2D eigenvalue weighted by molar-refractivity contribution is 5.97. The van der Waals surface area contributed by atoms with Gasteiger partial charge in [-0.3, -0.25) is 19.2 Å². The summed E-state index contributed by atoms with van der Waals surface area (Å²) in [4.78, 5) is 49.7. The molecule has 0 aliphatic rings. The molecular weight excluding hydrogens is 492 g/mol. The molecular formula is C27H30N4O7. The van der Waals surface area contributed by atoms with Crippen molar-refractivity contribution >= 4 is 24.0 Å². The van der Waals surface area contributed by atoms with Crippen LogP contribution in [0, 0.1) is 13.8 Å². The summed E-state index contributed by atoms with van der Waals surface area (Å²) in [6, 6.07) is 12.7. The van der Waals surface area contributed by atoms with Crippen molar-refractivity contribution in [2.75, 3.05) is 6.61 Å². The smallest absolute Gasteiger partial charge is 0.274 e. The van der Waals surface area contributed by atoms with Crippen LogP contribution in [0.1, 0.15) is 44.7 Å². The second-order valence-corrected chi connectivity index (χ2v) is 8.78. The third-order valence-electron chi connectivity index (χ3n) is 5.54. The maximum absolute atomic E-state index is 13.1. The maximum atomic E-state index is 13.1. The Morgan fingerprint density at radius 3 is 2.42 bits per heavy atom. The average molecular weight is 523 g/mol. The molecule has 0 bridgehead atoms. The van der Waals surface area contributed by atoms with E-state index in [1.807, 2.05) is 31.2 Å². The number of benzene rings is 2. The number of aldehydes is 1. The van der Waals surface area contributed by atoms with Crippen LogP contribution in [0.15, 0.2) is 59.1 Å². The fraction of sp³-hybridized carbons (Fsp3) is 0.296. The fourth-order valence-corrected chi connectivity index (χ4v) is 3.41. The number of nitrogens with zero attached hydrogens (tertiary/aromatic N) is 1. The third kappa shape index (κ3) is 8.00. The van der Waals surface area contributed by atoms with E-state index in [1.165, 1.54) is 19.1 Å². The predicted molar refractivity (Wildman–Crippen MR) is 136 cm³/mol. The number of amides is 3. The average Bonchev–Trinajstić information content (AvgIpc) is 3.35. The van der Waals surface area contributed by atoms with Gasteiger partial charge in [-0.25, -0.2) is 0 Å². The van der Waals surface area contributed by atoms with Crippen molar-refractivity contribution < 1.29 is 33.5 Å². The topological polar surface area (TPSA) is 160 Å². The fourth-order valence-electron chi connectivity index (χ4n) is 3.41. The summed E-state index contributed by atoms with van der Waals surface area (Å²) in [6.45, 7) is 4.80. The van der Waals surface area contributed by atoms with Gasteiger partial charge in [0, 0.05) is 18.2 Å². The quantitative estimate of drug-likeness (QED) is 0.260. The molecule has 3 atom stereocenters. The molecule has 1 heterocycles. The van der Waals surface area contributed by atoms with Crippen LogP contribution in [0.25, 0.3) is 0 Å². The van der Waals surface area contributed by atoms with Crippen molar-refractivity contribution in [3.05, 3.63) is 82.7 Å². The Balaban J connectivity index is 1.73. The largest absolute Gasteiger partial charge is 0.491 e. The highest BCUT2D eigenvalue weighted by Gasteiger charge is 2.31. The number of aliphatic hydroxyl groups excluding tert-OH is 1. The monoisotopic (exact) mass is 522 g/mol. The molecule has 3 rings (SSSR count). The Hall–Kier alpha value is -4.51. The van der Waals surface area contributed by atoms with Gasteiger partial charge >= 0.3 is 0 Å². The lowest BCUT2D eigenvalue weighted by molar-refractivity contribution is -0.132. The molecule has 4 N–H and O–H groups in total. The van der Waals surface area contributed by atoms with Gasteiger partial charge < -0.3 is 30.3 Å². The predicted octanol–water partition coefficient (Wildman–Crippen LogP) is 1.46. The van der Waals surface area contributed by atoms with Crippen molar-refractivity contribution in [1.29, 1.82) is 0 Å². The minimum atomic E-state index is -1.40. The van der Waals surface area contributed by atoms with Gasteiger partial charge in [-0.2, -0.15) is 0 Å². The van der Waals surface area contributed by atoms with Crippen LogP contribution < -0.4 is 20.7 Å². The first-order valence-corrected chi connectivity index (χ1v) is 11.9. The minimum Gasteiger partial charge on any atom is -0.491 e. The molecule has 0 aliphatic heterocycles. The van der Waals surface area contributed by atoms with Gasteiger partial charge in [0.25, 0.3) is 5.91 Å². The van der Waals surface area contributed by atoms with Gasteiger partial charge in [-0.15, -0.1) is 0 Å². The van der Waals surface area contributed by atoms with Crippen molar-refractivity contribution in [2.45, 2.75) is 45.5 Å². The van der Waals surface area contributed by atoms with Gasteiger partial charge in [0.1, 0.15) is 36.5 Å². The molecule has 3 aromatic rings. The lowest BCUT2D eigenvalue weighted by Gasteiger charge is -2.24. The van der Waals surface area contributed by atoms with E-state index in [-0.39, 0.29) is 18.8 Å². The van der Waals surface area contributed by atoms with Crippen LogP contribution in [0.5, 0.6) is 5.75 Å². The molecule has 0 spiro atoms. The van der Waals surface area contributed by atoms with E-state index in [2.05, 4.69) is 21.1 Å². The number of ether oxygens (including phenoxy) is 1. The van der Waals surface area contributed by atoms with Crippen molar-refractivity contribution in [3.63, 3.8) is 0 Å². The van der Waals surface area contributed by atoms with Crippen molar-refractivity contribution in [3.8, 4) is 5.75 Å². The summed E-state index contributed by atoms with van der Waals surface area (Å²) in [5, 5.41) is 21.5. The van der Waals surface area contributed by atoms with E-state index in [4.69, 9.17) is 9.26 Å². The van der Waals surface area contributed by atoms with Gasteiger partial charge in [-0.1, -0.05) is 47.1 Å². The molecule has 0 radical (unpaired) electrons. The van der Waals surface area contributed by atoms with Gasteiger partial charge in [0.05, 0.1) is 6.10 Å². The van der Waals surface area contributed by atoms with Crippen LogP contribution in [-0.2, 0) is 16.1 Å². The highest BCUT2D eigenvalue weighted by Crippen LogP contribution is 2.13. The first-order chi connectivity index (χ1) is 18.2. The summed E-state index contributed by atoms with van der Waals surface area (Å²) in [5.74, 6) is -1.37. The second-order valence-electron chi connectivity index (χ2n) is 8.78. The molecule has 0 saturated carbocycles. The molecule has 11 nitrogen and oxygen atoms in total.